The summed E-state index contributed by atoms with van der Waals surface area (Å²) in [5.74, 6) is 0.489. The van der Waals surface area contributed by atoms with Gasteiger partial charge in [0.1, 0.15) is 5.78 Å². The van der Waals surface area contributed by atoms with Gasteiger partial charge in [0.2, 0.25) is 0 Å². The lowest BCUT2D eigenvalue weighted by Gasteiger charge is -2.37. The Morgan fingerprint density at radius 1 is 1.11 bits per heavy atom. The van der Waals surface area contributed by atoms with Gasteiger partial charge in [-0.3, -0.25) is 4.79 Å². The lowest BCUT2D eigenvalue weighted by Crippen LogP contribution is -2.40. The van der Waals surface area contributed by atoms with E-state index in [1.165, 1.54) is 6.42 Å². The first kappa shape index (κ1) is 13.6. The molecule has 2 heteroatoms. The molecule has 18 heavy (non-hydrogen) atoms. The van der Waals surface area contributed by atoms with Gasteiger partial charge in [-0.25, -0.2) is 0 Å². The largest absolute Gasteiger partial charge is 0.298 e. The molecule has 1 aliphatic rings. The summed E-state index contributed by atoms with van der Waals surface area (Å²) >= 11 is 5.95. The lowest BCUT2D eigenvalue weighted by molar-refractivity contribution is -0.128. The molecule has 0 heterocycles. The van der Waals surface area contributed by atoms with Crippen molar-refractivity contribution in [2.24, 2.45) is 5.92 Å². The monoisotopic (exact) mass is 264 g/mol. The molecule has 1 aromatic carbocycles. The van der Waals surface area contributed by atoms with E-state index in [4.69, 9.17) is 11.6 Å². The third-order valence-corrected chi connectivity index (χ3v) is 4.35. The fraction of sp³-hybridized carbons (Fsp3) is 0.562. The van der Waals surface area contributed by atoms with Crippen LogP contribution in [0.1, 0.15) is 51.5 Å². The van der Waals surface area contributed by atoms with E-state index in [1.54, 1.807) is 0 Å². The number of carbonyl (C=O) groups is 1. The molecule has 2 rings (SSSR count). The Labute approximate surface area is 115 Å². The molecule has 0 spiro atoms. The van der Waals surface area contributed by atoms with Gasteiger partial charge in [0.25, 0.3) is 0 Å². The minimum absolute atomic E-state index is 0.0961. The lowest BCUT2D eigenvalue weighted by atomic mass is 9.64. The van der Waals surface area contributed by atoms with E-state index in [-0.39, 0.29) is 11.3 Å². The molecule has 1 aliphatic carbocycles. The number of hydrogen-bond acceptors (Lipinski definition) is 1. The first-order valence-electron chi connectivity index (χ1n) is 6.86. The van der Waals surface area contributed by atoms with Crippen LogP contribution in [0.5, 0.6) is 0 Å². The van der Waals surface area contributed by atoms with E-state index >= 15 is 0 Å². The van der Waals surface area contributed by atoms with Crippen LogP contribution in [0.25, 0.3) is 0 Å². The molecule has 1 fully saturated rings. The van der Waals surface area contributed by atoms with Crippen LogP contribution < -0.4 is 0 Å². The molecule has 98 valence electrons. The Balaban J connectivity index is 2.41. The molecule has 1 saturated carbocycles. The minimum atomic E-state index is -0.253. The van der Waals surface area contributed by atoms with Gasteiger partial charge < -0.3 is 0 Å². The number of hydrogen-bond donors (Lipinski definition) is 0. The second-order valence-electron chi connectivity index (χ2n) is 5.67. The zero-order chi connectivity index (χ0) is 13.2. The van der Waals surface area contributed by atoms with Gasteiger partial charge >= 0.3 is 0 Å². The standard InChI is InChI=1S/C16H21ClO/c1-12(2)15(18)16(10-4-3-5-11-16)13-6-8-14(17)9-7-13/h6-9,12H,3-5,10-11H2,1-2H3. The molecule has 0 unspecified atom stereocenters. The van der Waals surface area contributed by atoms with Crippen LogP contribution in [-0.4, -0.2) is 5.78 Å². The third kappa shape index (κ3) is 2.47. The quantitative estimate of drug-likeness (QED) is 0.769. The maximum atomic E-state index is 12.7. The predicted octanol–water partition coefficient (Wildman–Crippen LogP) is 4.77. The van der Waals surface area contributed by atoms with E-state index in [0.717, 1.165) is 36.3 Å². The molecule has 0 amide bonds. The van der Waals surface area contributed by atoms with Crippen LogP contribution in [0, 0.1) is 5.92 Å². The van der Waals surface area contributed by atoms with Gasteiger partial charge in [-0.05, 0) is 30.5 Å². The number of Topliss-reactive ketones (excluding diaryl/α,β-unsaturated/α-hetero) is 1. The number of benzene rings is 1. The molecule has 0 aliphatic heterocycles. The van der Waals surface area contributed by atoms with Crippen molar-refractivity contribution in [2.45, 2.75) is 51.4 Å². The molecular formula is C16H21ClO. The van der Waals surface area contributed by atoms with E-state index < -0.39 is 0 Å². The van der Waals surface area contributed by atoms with Gasteiger partial charge in [-0.2, -0.15) is 0 Å². The highest BCUT2D eigenvalue weighted by molar-refractivity contribution is 6.30. The Bertz CT molecular complexity index is 413. The molecule has 0 radical (unpaired) electrons. The van der Waals surface area contributed by atoms with Crippen molar-refractivity contribution in [3.05, 3.63) is 34.9 Å². The highest BCUT2D eigenvalue weighted by Gasteiger charge is 2.41. The molecular weight excluding hydrogens is 244 g/mol. The predicted molar refractivity (Wildman–Crippen MR) is 76.1 cm³/mol. The highest BCUT2D eigenvalue weighted by Crippen LogP contribution is 2.42. The maximum Gasteiger partial charge on any atom is 0.145 e. The summed E-state index contributed by atoms with van der Waals surface area (Å²) < 4.78 is 0. The van der Waals surface area contributed by atoms with Gasteiger partial charge in [-0.15, -0.1) is 0 Å². The highest BCUT2D eigenvalue weighted by atomic mass is 35.5. The Kier molecular flexibility index (Phi) is 4.11. The summed E-state index contributed by atoms with van der Waals surface area (Å²) in [5.41, 5.74) is 0.905. The second kappa shape index (κ2) is 5.44. The Morgan fingerprint density at radius 3 is 2.17 bits per heavy atom. The van der Waals surface area contributed by atoms with Gasteiger partial charge in [0.05, 0.1) is 5.41 Å². The van der Waals surface area contributed by atoms with Crippen LogP contribution >= 0.6 is 11.6 Å². The van der Waals surface area contributed by atoms with Crippen molar-refractivity contribution < 1.29 is 4.79 Å². The average Bonchev–Trinajstić information content (AvgIpc) is 2.39. The topological polar surface area (TPSA) is 17.1 Å². The van der Waals surface area contributed by atoms with Crippen molar-refractivity contribution in [1.82, 2.24) is 0 Å². The van der Waals surface area contributed by atoms with E-state index in [1.807, 2.05) is 38.1 Å². The van der Waals surface area contributed by atoms with Gasteiger partial charge in [0, 0.05) is 10.9 Å². The van der Waals surface area contributed by atoms with E-state index in [9.17, 15) is 4.79 Å². The van der Waals surface area contributed by atoms with E-state index in [0.29, 0.717) is 5.78 Å². The molecule has 0 bridgehead atoms. The SMILES string of the molecule is CC(C)C(=O)C1(c2ccc(Cl)cc2)CCCCC1. The van der Waals surface area contributed by atoms with Crippen molar-refractivity contribution in [2.75, 3.05) is 0 Å². The smallest absolute Gasteiger partial charge is 0.145 e. The molecule has 1 aromatic rings. The first-order valence-corrected chi connectivity index (χ1v) is 7.24. The van der Waals surface area contributed by atoms with E-state index in [2.05, 4.69) is 0 Å². The maximum absolute atomic E-state index is 12.7. The molecule has 0 saturated heterocycles. The molecule has 0 atom stereocenters. The zero-order valence-corrected chi connectivity index (χ0v) is 12.0. The van der Waals surface area contributed by atoms with Gasteiger partial charge in [-0.1, -0.05) is 56.8 Å². The zero-order valence-electron chi connectivity index (χ0n) is 11.2. The Hall–Kier alpha value is -0.820. The van der Waals surface area contributed by atoms with Crippen molar-refractivity contribution >= 4 is 17.4 Å². The minimum Gasteiger partial charge on any atom is -0.298 e. The molecule has 1 nitrogen and oxygen atoms in total. The molecule has 0 aromatic heterocycles. The normalized spacial score (nSPS) is 18.9. The van der Waals surface area contributed by atoms with Crippen LogP contribution in [-0.2, 0) is 10.2 Å². The summed E-state index contributed by atoms with van der Waals surface area (Å²) in [6, 6.07) is 7.88. The second-order valence-corrected chi connectivity index (χ2v) is 6.11. The summed E-state index contributed by atoms with van der Waals surface area (Å²) in [4.78, 5) is 12.7. The first-order chi connectivity index (χ1) is 8.56. The van der Waals surface area contributed by atoms with Crippen LogP contribution in [0.2, 0.25) is 5.02 Å². The van der Waals surface area contributed by atoms with Gasteiger partial charge in [0.15, 0.2) is 0 Å². The number of halogens is 1. The Morgan fingerprint density at radius 2 is 1.67 bits per heavy atom. The van der Waals surface area contributed by atoms with Crippen molar-refractivity contribution in [1.29, 1.82) is 0 Å². The fourth-order valence-electron chi connectivity index (χ4n) is 3.15. The summed E-state index contributed by atoms with van der Waals surface area (Å²) in [6.45, 7) is 4.02. The van der Waals surface area contributed by atoms with Crippen LogP contribution in [0.3, 0.4) is 0 Å². The third-order valence-electron chi connectivity index (χ3n) is 4.10. The summed E-state index contributed by atoms with van der Waals surface area (Å²) in [6.07, 6.45) is 5.54. The number of carbonyl (C=O) groups excluding carboxylic acids is 1. The number of ketones is 1. The van der Waals surface area contributed by atoms with Crippen molar-refractivity contribution in [3.8, 4) is 0 Å². The average molecular weight is 265 g/mol. The van der Waals surface area contributed by atoms with Crippen LogP contribution in [0.15, 0.2) is 24.3 Å². The molecule has 0 N–H and O–H groups in total. The summed E-state index contributed by atoms with van der Waals surface area (Å²) in [5, 5.41) is 0.738. The summed E-state index contributed by atoms with van der Waals surface area (Å²) in [7, 11) is 0. The van der Waals surface area contributed by atoms with Crippen LogP contribution in [0.4, 0.5) is 0 Å². The number of rotatable bonds is 3. The van der Waals surface area contributed by atoms with Crippen molar-refractivity contribution in [3.63, 3.8) is 0 Å². The fourth-order valence-corrected chi connectivity index (χ4v) is 3.28.